The third-order valence-electron chi connectivity index (χ3n) is 4.46. The number of benzene rings is 2. The molecule has 0 aliphatic rings. The lowest BCUT2D eigenvalue weighted by atomic mass is 10.1. The summed E-state index contributed by atoms with van der Waals surface area (Å²) in [6.45, 7) is -5.08. The van der Waals surface area contributed by atoms with Crippen LogP contribution in [0, 0.1) is 0 Å². The summed E-state index contributed by atoms with van der Waals surface area (Å²) in [5.41, 5.74) is -0.133. The number of aliphatic hydroxyl groups excluding tert-OH is 1. The highest BCUT2D eigenvalue weighted by atomic mass is 16.5. The Bertz CT molecular complexity index is 1040. The van der Waals surface area contributed by atoms with Crippen molar-refractivity contribution in [2.75, 3.05) is 26.2 Å². The van der Waals surface area contributed by atoms with E-state index in [0.29, 0.717) is 38.5 Å². The van der Waals surface area contributed by atoms with Crippen molar-refractivity contribution in [1.29, 1.82) is 0 Å². The van der Waals surface area contributed by atoms with Gasteiger partial charge in [0, 0.05) is 28.0 Å². The number of unbranched alkanes of at least 4 members (excludes halogenated alkanes) is 3. The van der Waals surface area contributed by atoms with Gasteiger partial charge in [0.25, 0.3) is 0 Å². The Morgan fingerprint density at radius 3 is 2.67 bits per heavy atom. The largest absolute Gasteiger partial charge is 0.508 e. The minimum Gasteiger partial charge on any atom is -0.508 e. The lowest BCUT2D eigenvalue weighted by Gasteiger charge is -2.14. The molecule has 0 fully saturated rings. The maximum atomic E-state index is 10.7. The summed E-state index contributed by atoms with van der Waals surface area (Å²) < 4.78 is 69.6. The van der Waals surface area contributed by atoms with E-state index in [2.05, 4.69) is 5.32 Å². The van der Waals surface area contributed by atoms with Gasteiger partial charge in [-0.3, -0.25) is 0 Å². The Hall–Kier alpha value is -1.92. The van der Waals surface area contributed by atoms with Crippen molar-refractivity contribution in [2.24, 2.45) is 0 Å². The van der Waals surface area contributed by atoms with E-state index in [1.54, 1.807) is 0 Å². The predicted molar refractivity (Wildman–Crippen MR) is 121 cm³/mol. The van der Waals surface area contributed by atoms with E-state index < -0.39 is 60.7 Å². The summed E-state index contributed by atoms with van der Waals surface area (Å²) in [5.74, 6) is -0.820. The molecule has 0 aromatic heterocycles. The van der Waals surface area contributed by atoms with Gasteiger partial charge in [0.1, 0.15) is 5.75 Å². The van der Waals surface area contributed by atoms with Crippen LogP contribution < -0.4 is 5.32 Å². The molecular formula is C25H37NO4. The monoisotopic (exact) mass is 423 g/mol. The van der Waals surface area contributed by atoms with Crippen LogP contribution in [0.1, 0.15) is 72.3 Å². The summed E-state index contributed by atoms with van der Waals surface area (Å²) in [4.78, 5) is 0. The fraction of sp³-hybridized carbons (Fsp3) is 0.520. The van der Waals surface area contributed by atoms with Crippen molar-refractivity contribution in [3.05, 3.63) is 65.1 Å². The molecule has 0 spiro atoms. The number of rotatable bonds is 16. The summed E-state index contributed by atoms with van der Waals surface area (Å²) in [6, 6.07) is 7.41. The van der Waals surface area contributed by atoms with Gasteiger partial charge in [-0.15, -0.1) is 0 Å². The maximum Gasteiger partial charge on any atom is 0.121 e. The minimum absolute atomic E-state index is 0.0642. The second-order valence-electron chi connectivity index (χ2n) is 6.88. The van der Waals surface area contributed by atoms with E-state index in [0.717, 1.165) is 12.0 Å². The number of hydrogen-bond acceptors (Lipinski definition) is 5. The number of hydrogen-bond donors (Lipinski definition) is 4. The second kappa shape index (κ2) is 15.0. The summed E-state index contributed by atoms with van der Waals surface area (Å²) >= 11 is 0. The zero-order valence-electron chi connectivity index (χ0n) is 25.2. The average Bonchev–Trinajstić information content (AvgIpc) is 2.85. The van der Waals surface area contributed by atoms with Crippen LogP contribution in [0.15, 0.2) is 48.5 Å². The van der Waals surface area contributed by atoms with Crippen molar-refractivity contribution >= 4 is 0 Å². The second-order valence-corrected chi connectivity index (χ2v) is 6.88. The van der Waals surface area contributed by atoms with Crippen LogP contribution in [0.5, 0.6) is 5.75 Å². The molecule has 1 atom stereocenters. The Labute approximate surface area is 192 Å². The van der Waals surface area contributed by atoms with E-state index in [-0.39, 0.29) is 13.2 Å². The molecule has 0 aliphatic heterocycles. The predicted octanol–water partition coefficient (Wildman–Crippen LogP) is 4.11. The van der Waals surface area contributed by atoms with Gasteiger partial charge in [-0.2, -0.15) is 0 Å². The highest BCUT2D eigenvalue weighted by molar-refractivity contribution is 5.36. The van der Waals surface area contributed by atoms with E-state index in [9.17, 15) is 15.3 Å². The van der Waals surface area contributed by atoms with E-state index >= 15 is 0 Å². The zero-order valence-corrected chi connectivity index (χ0v) is 17.2. The van der Waals surface area contributed by atoms with Gasteiger partial charge < -0.3 is 25.4 Å². The van der Waals surface area contributed by atoms with Crippen LogP contribution in [0.4, 0.5) is 0 Å². The average molecular weight is 424 g/mol. The molecular weight excluding hydrogens is 378 g/mol. The Balaban J connectivity index is 1.75. The van der Waals surface area contributed by atoms with Gasteiger partial charge in [0.2, 0.25) is 0 Å². The van der Waals surface area contributed by atoms with E-state index in [1.807, 2.05) is 30.3 Å². The molecule has 0 saturated heterocycles. The number of aryl methyl sites for hydroxylation is 1. The highest BCUT2D eigenvalue weighted by Crippen LogP contribution is 2.22. The van der Waals surface area contributed by atoms with Gasteiger partial charge in [-0.05, 0) is 61.9 Å². The summed E-state index contributed by atoms with van der Waals surface area (Å²) in [7, 11) is 0. The number of aromatic hydroxyl groups is 1. The first-order valence-electron chi connectivity index (χ1n) is 14.3. The molecule has 0 amide bonds. The molecule has 4 N–H and O–H groups in total. The van der Waals surface area contributed by atoms with Crippen LogP contribution in [-0.2, 0) is 17.8 Å². The van der Waals surface area contributed by atoms with Gasteiger partial charge in [-0.25, -0.2) is 0 Å². The van der Waals surface area contributed by atoms with Gasteiger partial charge in [0.05, 0.1) is 20.9 Å². The van der Waals surface area contributed by atoms with Gasteiger partial charge in [0.15, 0.2) is 0 Å². The number of nitrogens with one attached hydrogen (secondary N) is 1. The first-order valence-corrected chi connectivity index (χ1v) is 10.3. The Kier molecular flexibility index (Phi) is 7.47. The van der Waals surface area contributed by atoms with Crippen molar-refractivity contribution in [2.45, 2.75) is 57.6 Å². The van der Waals surface area contributed by atoms with E-state index in [4.69, 9.17) is 15.7 Å². The molecule has 0 radical (unpaired) electrons. The maximum absolute atomic E-state index is 10.7. The molecule has 5 heteroatoms. The lowest BCUT2D eigenvalue weighted by Crippen LogP contribution is -2.22. The van der Waals surface area contributed by atoms with Gasteiger partial charge in [-0.1, -0.05) is 49.2 Å². The molecule has 5 nitrogen and oxygen atoms in total. The van der Waals surface area contributed by atoms with Crippen LogP contribution in [0.2, 0.25) is 0 Å². The zero-order chi connectivity index (χ0) is 28.6. The number of phenols is 1. The Morgan fingerprint density at radius 2 is 1.87 bits per heavy atom. The lowest BCUT2D eigenvalue weighted by molar-refractivity contribution is 0.126. The minimum atomic E-state index is -3.14. The van der Waals surface area contributed by atoms with Crippen LogP contribution in [0.25, 0.3) is 0 Å². The smallest absolute Gasteiger partial charge is 0.121 e. The van der Waals surface area contributed by atoms with Crippen LogP contribution in [0.3, 0.4) is 0 Å². The van der Waals surface area contributed by atoms with Crippen molar-refractivity contribution in [1.82, 2.24) is 5.32 Å². The fourth-order valence-corrected chi connectivity index (χ4v) is 2.77. The molecule has 1 unspecified atom stereocenters. The quantitative estimate of drug-likeness (QED) is 0.306. The third kappa shape index (κ3) is 9.72. The molecule has 2 aromatic rings. The normalized spacial score (nSPS) is 18.1. The first-order chi connectivity index (χ1) is 17.7. The first kappa shape index (κ1) is 15.0. The van der Waals surface area contributed by atoms with E-state index in [1.165, 1.54) is 0 Å². The molecule has 2 rings (SSSR count). The van der Waals surface area contributed by atoms with Gasteiger partial charge >= 0.3 is 0 Å². The number of aliphatic hydroxyl groups is 2. The van der Waals surface area contributed by atoms with Crippen molar-refractivity contribution < 1.29 is 31.0 Å². The molecule has 0 saturated carbocycles. The fourth-order valence-electron chi connectivity index (χ4n) is 2.77. The highest BCUT2D eigenvalue weighted by Gasteiger charge is 2.09. The molecule has 0 bridgehead atoms. The summed E-state index contributed by atoms with van der Waals surface area (Å²) in [6.07, 6.45) is 1.04. The standard InChI is InChI=1S/C25H37NO4/c27-20-23-18-22(13-14-24(23)28)25(29)19-26-15-7-1-2-8-16-30-17-9-6-12-21-10-4-3-5-11-21/h3-5,10-11,13-14,18,25-29H,1-2,6-9,12,15-17,19-20H2/i13D,14D,17D2,18D,19D2,25D. The van der Waals surface area contributed by atoms with Crippen molar-refractivity contribution in [3.8, 4) is 5.75 Å². The topological polar surface area (TPSA) is 82.0 Å². The molecule has 0 heterocycles. The number of ether oxygens (including phenoxy) is 1. The Morgan fingerprint density at radius 1 is 1.07 bits per heavy atom. The SMILES string of the molecule is [2H]c1c([2H])c(C([2H])(O)C([2H])([2H])NCCCCCCOC([2H])([2H])CCCc2ccccc2)c([2H])c(CO)c1O. The van der Waals surface area contributed by atoms with Crippen molar-refractivity contribution in [3.63, 3.8) is 0 Å². The third-order valence-corrected chi connectivity index (χ3v) is 4.46. The molecule has 166 valence electrons. The molecule has 30 heavy (non-hydrogen) atoms. The summed E-state index contributed by atoms with van der Waals surface area (Å²) in [5, 5.41) is 32.4. The van der Waals surface area contributed by atoms with Crippen LogP contribution in [-0.4, -0.2) is 41.5 Å². The molecule has 0 aliphatic carbocycles. The molecule has 2 aromatic carbocycles. The van der Waals surface area contributed by atoms with Crippen LogP contribution >= 0.6 is 0 Å².